The Labute approximate surface area is 152 Å². The molecule has 0 amide bonds. The number of carbonyl (C=O) groups is 1. The van der Waals surface area contributed by atoms with Crippen LogP contribution in [-0.4, -0.2) is 24.3 Å². The summed E-state index contributed by atoms with van der Waals surface area (Å²) in [6.07, 6.45) is 5.82. The van der Waals surface area contributed by atoms with Gasteiger partial charge in [-0.25, -0.2) is 0 Å². The topological polar surface area (TPSA) is 20.3 Å². The van der Waals surface area contributed by atoms with E-state index in [0.717, 1.165) is 43.5 Å². The zero-order valence-corrected chi connectivity index (χ0v) is 15.5. The summed E-state index contributed by atoms with van der Waals surface area (Å²) in [5.74, 6) is 0.251. The van der Waals surface area contributed by atoms with Gasteiger partial charge in [-0.05, 0) is 30.2 Å². The molecule has 2 aromatic rings. The van der Waals surface area contributed by atoms with Gasteiger partial charge in [-0.15, -0.1) is 6.58 Å². The van der Waals surface area contributed by atoms with Gasteiger partial charge in [0.05, 0.1) is 0 Å². The highest BCUT2D eigenvalue weighted by molar-refractivity contribution is 5.96. The van der Waals surface area contributed by atoms with E-state index in [1.807, 2.05) is 30.3 Å². The highest BCUT2D eigenvalue weighted by Gasteiger charge is 2.06. The number of ketones is 1. The smallest absolute Gasteiger partial charge is 0.162 e. The molecule has 0 aliphatic heterocycles. The Morgan fingerprint density at radius 3 is 2.16 bits per heavy atom. The molecule has 2 nitrogen and oxygen atoms in total. The average molecular weight is 335 g/mol. The molecular weight excluding hydrogens is 306 g/mol. The maximum atomic E-state index is 12.2. The summed E-state index contributed by atoms with van der Waals surface area (Å²) in [6.45, 7) is 7.72. The van der Waals surface area contributed by atoms with Crippen LogP contribution < -0.4 is 0 Å². The Morgan fingerprint density at radius 1 is 1.00 bits per heavy atom. The van der Waals surface area contributed by atoms with Crippen molar-refractivity contribution in [3.8, 4) is 11.1 Å². The van der Waals surface area contributed by atoms with Crippen LogP contribution in [0, 0.1) is 0 Å². The van der Waals surface area contributed by atoms with Crippen molar-refractivity contribution >= 4 is 5.78 Å². The molecule has 2 rings (SSSR count). The van der Waals surface area contributed by atoms with Crippen LogP contribution in [0.25, 0.3) is 11.1 Å². The van der Waals surface area contributed by atoms with Crippen LogP contribution in [0.4, 0.5) is 0 Å². The van der Waals surface area contributed by atoms with Gasteiger partial charge in [0.15, 0.2) is 5.78 Å². The second-order valence-corrected chi connectivity index (χ2v) is 6.64. The van der Waals surface area contributed by atoms with Crippen LogP contribution in [0.15, 0.2) is 61.2 Å². The van der Waals surface area contributed by atoms with Gasteiger partial charge in [0.2, 0.25) is 0 Å². The standard InChI is InChI=1S/C23H29NO/c1-4-6-7-8-23(25)22-15-13-21(14-16-22)20-11-9-19(10-12-20)18-24(3)17-5-2/h5,9-16H,2,4,6-8,17-18H2,1,3H3. The van der Waals surface area contributed by atoms with Crippen LogP contribution in [0.1, 0.15) is 48.5 Å². The van der Waals surface area contributed by atoms with E-state index in [-0.39, 0.29) is 5.78 Å². The molecule has 0 atom stereocenters. The highest BCUT2D eigenvalue weighted by Crippen LogP contribution is 2.21. The van der Waals surface area contributed by atoms with Gasteiger partial charge in [-0.1, -0.05) is 74.4 Å². The summed E-state index contributed by atoms with van der Waals surface area (Å²) >= 11 is 0. The first-order valence-electron chi connectivity index (χ1n) is 9.16. The maximum Gasteiger partial charge on any atom is 0.162 e. The number of likely N-dealkylation sites (N-methyl/N-ethyl adjacent to an activating group) is 1. The third kappa shape index (κ3) is 5.99. The van der Waals surface area contributed by atoms with Gasteiger partial charge in [-0.2, -0.15) is 0 Å². The second-order valence-electron chi connectivity index (χ2n) is 6.64. The van der Waals surface area contributed by atoms with Crippen molar-refractivity contribution in [1.82, 2.24) is 4.90 Å². The van der Waals surface area contributed by atoms with Gasteiger partial charge in [0.1, 0.15) is 0 Å². The number of nitrogens with zero attached hydrogens (tertiary/aromatic N) is 1. The molecule has 25 heavy (non-hydrogen) atoms. The monoisotopic (exact) mass is 335 g/mol. The molecule has 0 aliphatic rings. The fraction of sp³-hybridized carbons (Fsp3) is 0.348. The highest BCUT2D eigenvalue weighted by atomic mass is 16.1. The molecular formula is C23H29NO. The molecule has 0 N–H and O–H groups in total. The molecule has 0 spiro atoms. The summed E-state index contributed by atoms with van der Waals surface area (Å²) in [6, 6.07) is 16.6. The lowest BCUT2D eigenvalue weighted by atomic mass is 9.99. The lowest BCUT2D eigenvalue weighted by Gasteiger charge is -2.14. The fourth-order valence-electron chi connectivity index (χ4n) is 2.93. The average Bonchev–Trinajstić information content (AvgIpc) is 2.63. The summed E-state index contributed by atoms with van der Waals surface area (Å²) < 4.78 is 0. The lowest BCUT2D eigenvalue weighted by molar-refractivity contribution is 0.0979. The Morgan fingerprint density at radius 2 is 1.60 bits per heavy atom. The van der Waals surface area contributed by atoms with E-state index in [0.29, 0.717) is 6.42 Å². The first-order valence-corrected chi connectivity index (χ1v) is 9.16. The number of unbranched alkanes of at least 4 members (excludes halogenated alkanes) is 2. The Bertz CT molecular complexity index is 670. The van der Waals surface area contributed by atoms with Crippen molar-refractivity contribution < 1.29 is 4.79 Å². The zero-order valence-electron chi connectivity index (χ0n) is 15.5. The van der Waals surface area contributed by atoms with E-state index >= 15 is 0 Å². The minimum atomic E-state index is 0.251. The molecule has 0 radical (unpaired) electrons. The van der Waals surface area contributed by atoms with Gasteiger partial charge in [0.25, 0.3) is 0 Å². The third-order valence-electron chi connectivity index (χ3n) is 4.39. The molecule has 132 valence electrons. The molecule has 0 aromatic heterocycles. The third-order valence-corrected chi connectivity index (χ3v) is 4.39. The Hall–Kier alpha value is -2.19. The molecule has 0 aliphatic carbocycles. The van der Waals surface area contributed by atoms with E-state index < -0.39 is 0 Å². The van der Waals surface area contributed by atoms with E-state index in [1.165, 1.54) is 11.1 Å². The SMILES string of the molecule is C=CCN(C)Cc1ccc(-c2ccc(C(=O)CCCCC)cc2)cc1. The minimum Gasteiger partial charge on any atom is -0.298 e. The van der Waals surface area contributed by atoms with E-state index in [9.17, 15) is 4.79 Å². The number of rotatable bonds is 10. The molecule has 0 heterocycles. The predicted molar refractivity (Wildman–Crippen MR) is 107 cm³/mol. The Balaban J connectivity index is 1.99. The minimum absolute atomic E-state index is 0.251. The molecule has 0 bridgehead atoms. The number of benzene rings is 2. The van der Waals surface area contributed by atoms with E-state index in [2.05, 4.69) is 49.7 Å². The number of hydrogen-bond donors (Lipinski definition) is 0. The van der Waals surface area contributed by atoms with Crippen molar-refractivity contribution in [2.45, 2.75) is 39.2 Å². The largest absolute Gasteiger partial charge is 0.298 e. The van der Waals surface area contributed by atoms with E-state index in [4.69, 9.17) is 0 Å². The molecule has 0 saturated heterocycles. The lowest BCUT2D eigenvalue weighted by Crippen LogP contribution is -2.17. The predicted octanol–water partition coefficient (Wildman–Crippen LogP) is 5.73. The molecule has 0 saturated carbocycles. The number of hydrogen-bond acceptors (Lipinski definition) is 2. The first kappa shape index (κ1) is 19.1. The summed E-state index contributed by atoms with van der Waals surface area (Å²) in [5, 5.41) is 0. The molecule has 0 fully saturated rings. The van der Waals surface area contributed by atoms with Gasteiger partial charge >= 0.3 is 0 Å². The normalized spacial score (nSPS) is 10.8. The first-order chi connectivity index (χ1) is 12.1. The molecule has 2 aromatic carbocycles. The Kier molecular flexibility index (Phi) is 7.62. The van der Waals surface area contributed by atoms with Crippen molar-refractivity contribution in [2.75, 3.05) is 13.6 Å². The van der Waals surface area contributed by atoms with Gasteiger partial charge in [0, 0.05) is 25.1 Å². The van der Waals surface area contributed by atoms with Gasteiger partial charge in [-0.3, -0.25) is 9.69 Å². The zero-order chi connectivity index (χ0) is 18.1. The van der Waals surface area contributed by atoms with Crippen molar-refractivity contribution in [3.63, 3.8) is 0 Å². The van der Waals surface area contributed by atoms with Crippen LogP contribution in [0.2, 0.25) is 0 Å². The van der Waals surface area contributed by atoms with Gasteiger partial charge < -0.3 is 0 Å². The maximum absolute atomic E-state index is 12.2. The quantitative estimate of drug-likeness (QED) is 0.314. The van der Waals surface area contributed by atoms with Crippen LogP contribution in [0.3, 0.4) is 0 Å². The molecule has 0 unspecified atom stereocenters. The van der Waals surface area contributed by atoms with E-state index in [1.54, 1.807) is 0 Å². The summed E-state index contributed by atoms with van der Waals surface area (Å²) in [4.78, 5) is 14.4. The second kappa shape index (κ2) is 9.95. The summed E-state index contributed by atoms with van der Waals surface area (Å²) in [5.41, 5.74) is 4.44. The number of Topliss-reactive ketones (excluding diaryl/α,β-unsaturated/α-hetero) is 1. The van der Waals surface area contributed by atoms with Crippen LogP contribution in [0.5, 0.6) is 0 Å². The molecule has 2 heteroatoms. The fourth-order valence-corrected chi connectivity index (χ4v) is 2.93. The van der Waals surface area contributed by atoms with Crippen molar-refractivity contribution in [3.05, 3.63) is 72.3 Å². The number of carbonyl (C=O) groups excluding carboxylic acids is 1. The van der Waals surface area contributed by atoms with Crippen molar-refractivity contribution in [1.29, 1.82) is 0 Å². The van der Waals surface area contributed by atoms with Crippen LogP contribution >= 0.6 is 0 Å². The summed E-state index contributed by atoms with van der Waals surface area (Å²) in [7, 11) is 2.09. The van der Waals surface area contributed by atoms with Crippen LogP contribution in [-0.2, 0) is 6.54 Å². The van der Waals surface area contributed by atoms with Crippen molar-refractivity contribution in [2.24, 2.45) is 0 Å².